The van der Waals surface area contributed by atoms with E-state index in [1.165, 1.54) is 12.1 Å². The van der Waals surface area contributed by atoms with Gasteiger partial charge in [0.1, 0.15) is 0 Å². The van der Waals surface area contributed by atoms with E-state index in [0.29, 0.717) is 5.52 Å². The van der Waals surface area contributed by atoms with Crippen LogP contribution in [0.3, 0.4) is 0 Å². The fraction of sp³-hybridized carbons (Fsp3) is 0.0667. The smallest absolute Gasteiger partial charge is 0.317 e. The molecule has 0 unspecified atom stereocenters. The molecule has 1 nitrogen and oxygen atoms in total. The standard InChI is InChI=1S/C15H10F3N/c16-15(17,18)13-7-4-8-14-12(13)9-10-19(14)11-5-2-1-3-6-11/h1-10H. The summed E-state index contributed by atoms with van der Waals surface area (Å²) in [5.41, 5.74) is 0.803. The van der Waals surface area contributed by atoms with E-state index in [1.807, 2.05) is 30.3 Å². The van der Waals surface area contributed by atoms with Crippen molar-refractivity contribution in [2.45, 2.75) is 6.18 Å². The van der Waals surface area contributed by atoms with E-state index >= 15 is 0 Å². The summed E-state index contributed by atoms with van der Waals surface area (Å²) in [6.07, 6.45) is -2.67. The van der Waals surface area contributed by atoms with E-state index in [1.54, 1.807) is 16.8 Å². The van der Waals surface area contributed by atoms with Gasteiger partial charge in [0.05, 0.1) is 11.1 Å². The van der Waals surface area contributed by atoms with Gasteiger partial charge in [0, 0.05) is 17.3 Å². The Bertz CT molecular complexity index is 711. The number of halogens is 3. The summed E-state index contributed by atoms with van der Waals surface area (Å²) in [6.45, 7) is 0. The van der Waals surface area contributed by atoms with Crippen molar-refractivity contribution in [2.24, 2.45) is 0 Å². The Morgan fingerprint density at radius 2 is 1.53 bits per heavy atom. The van der Waals surface area contributed by atoms with E-state index in [-0.39, 0.29) is 5.39 Å². The van der Waals surface area contributed by atoms with Crippen LogP contribution in [0.4, 0.5) is 13.2 Å². The Balaban J connectivity index is 2.26. The van der Waals surface area contributed by atoms with Gasteiger partial charge in [-0.25, -0.2) is 0 Å². The van der Waals surface area contributed by atoms with Crippen LogP contribution in [0.1, 0.15) is 5.56 Å². The molecular weight excluding hydrogens is 251 g/mol. The van der Waals surface area contributed by atoms with Gasteiger partial charge >= 0.3 is 6.18 Å². The SMILES string of the molecule is FC(F)(F)c1cccc2c1ccn2-c1ccccc1. The van der Waals surface area contributed by atoms with Crippen molar-refractivity contribution in [2.75, 3.05) is 0 Å². The number of hydrogen-bond donors (Lipinski definition) is 0. The molecule has 0 spiro atoms. The molecule has 1 heterocycles. The first kappa shape index (κ1) is 11.8. The molecule has 2 aromatic carbocycles. The normalized spacial score (nSPS) is 11.9. The molecule has 0 saturated heterocycles. The van der Waals surface area contributed by atoms with Crippen molar-refractivity contribution in [3.05, 3.63) is 66.4 Å². The molecule has 0 fully saturated rings. The average molecular weight is 261 g/mol. The highest BCUT2D eigenvalue weighted by atomic mass is 19.4. The van der Waals surface area contributed by atoms with Crippen LogP contribution >= 0.6 is 0 Å². The summed E-state index contributed by atoms with van der Waals surface area (Å²) in [6, 6.07) is 15.0. The highest BCUT2D eigenvalue weighted by molar-refractivity contribution is 5.85. The molecule has 0 aliphatic heterocycles. The van der Waals surface area contributed by atoms with Gasteiger partial charge < -0.3 is 4.57 Å². The van der Waals surface area contributed by atoms with E-state index in [2.05, 4.69) is 0 Å². The highest BCUT2D eigenvalue weighted by Crippen LogP contribution is 2.35. The van der Waals surface area contributed by atoms with Gasteiger partial charge in [-0.3, -0.25) is 0 Å². The first-order chi connectivity index (χ1) is 9.07. The maximum absolute atomic E-state index is 12.9. The quantitative estimate of drug-likeness (QED) is 0.601. The van der Waals surface area contributed by atoms with Gasteiger partial charge in [0.25, 0.3) is 0 Å². The van der Waals surface area contributed by atoms with Crippen LogP contribution in [-0.4, -0.2) is 4.57 Å². The van der Waals surface area contributed by atoms with Gasteiger partial charge in [-0.1, -0.05) is 24.3 Å². The second-order valence-electron chi connectivity index (χ2n) is 4.26. The third-order valence-electron chi connectivity index (χ3n) is 3.07. The molecule has 0 saturated carbocycles. The van der Waals surface area contributed by atoms with Crippen molar-refractivity contribution in [1.29, 1.82) is 0 Å². The number of benzene rings is 2. The summed E-state index contributed by atoms with van der Waals surface area (Å²) in [7, 11) is 0. The number of aromatic nitrogens is 1. The molecule has 0 radical (unpaired) electrons. The van der Waals surface area contributed by atoms with Crippen molar-refractivity contribution in [3.8, 4) is 5.69 Å². The summed E-state index contributed by atoms with van der Waals surface area (Å²) in [5, 5.41) is 0.221. The molecule has 4 heteroatoms. The lowest BCUT2D eigenvalue weighted by Crippen LogP contribution is -2.05. The van der Waals surface area contributed by atoms with Gasteiger partial charge in [-0.15, -0.1) is 0 Å². The molecule has 0 atom stereocenters. The molecule has 0 amide bonds. The Hall–Kier alpha value is -2.23. The summed E-state index contributed by atoms with van der Waals surface area (Å²) in [4.78, 5) is 0. The van der Waals surface area contributed by atoms with Crippen LogP contribution in [0.25, 0.3) is 16.6 Å². The molecule has 0 aliphatic carbocycles. The first-order valence-electron chi connectivity index (χ1n) is 5.80. The highest BCUT2D eigenvalue weighted by Gasteiger charge is 2.32. The van der Waals surface area contributed by atoms with Gasteiger partial charge in [-0.05, 0) is 30.3 Å². The zero-order chi connectivity index (χ0) is 13.5. The molecule has 0 aliphatic rings. The van der Waals surface area contributed by atoms with Gasteiger partial charge in [0.15, 0.2) is 0 Å². The van der Waals surface area contributed by atoms with Crippen LogP contribution in [-0.2, 0) is 6.18 Å². The Labute approximate surface area is 107 Å². The number of nitrogens with zero attached hydrogens (tertiary/aromatic N) is 1. The predicted octanol–water partition coefficient (Wildman–Crippen LogP) is 4.65. The van der Waals surface area contributed by atoms with Crippen molar-refractivity contribution >= 4 is 10.9 Å². The van der Waals surface area contributed by atoms with Gasteiger partial charge in [-0.2, -0.15) is 13.2 Å². The lowest BCUT2D eigenvalue weighted by atomic mass is 10.1. The largest absolute Gasteiger partial charge is 0.417 e. The molecule has 1 aromatic heterocycles. The predicted molar refractivity (Wildman–Crippen MR) is 68.3 cm³/mol. The van der Waals surface area contributed by atoms with Crippen LogP contribution in [0, 0.1) is 0 Å². The number of hydrogen-bond acceptors (Lipinski definition) is 0. The zero-order valence-corrected chi connectivity index (χ0v) is 9.85. The van der Waals surface area contributed by atoms with E-state index < -0.39 is 11.7 Å². The monoisotopic (exact) mass is 261 g/mol. The minimum Gasteiger partial charge on any atom is -0.317 e. The Morgan fingerprint density at radius 3 is 2.21 bits per heavy atom. The van der Waals surface area contributed by atoms with E-state index in [9.17, 15) is 13.2 Å². The summed E-state index contributed by atoms with van der Waals surface area (Å²) < 4.78 is 40.5. The number of para-hydroxylation sites is 1. The Kier molecular flexibility index (Phi) is 2.59. The maximum Gasteiger partial charge on any atom is 0.417 e. The fourth-order valence-corrected chi connectivity index (χ4v) is 2.23. The molecular formula is C15H10F3N. The van der Waals surface area contributed by atoms with Gasteiger partial charge in [0.2, 0.25) is 0 Å². The summed E-state index contributed by atoms with van der Waals surface area (Å²) in [5.74, 6) is 0. The average Bonchev–Trinajstić information content (AvgIpc) is 2.82. The van der Waals surface area contributed by atoms with E-state index in [4.69, 9.17) is 0 Å². The zero-order valence-electron chi connectivity index (χ0n) is 9.85. The minimum absolute atomic E-state index is 0.221. The molecule has 0 bridgehead atoms. The molecule has 3 aromatic rings. The third-order valence-corrected chi connectivity index (χ3v) is 3.07. The van der Waals surface area contributed by atoms with Crippen LogP contribution < -0.4 is 0 Å². The first-order valence-corrected chi connectivity index (χ1v) is 5.80. The maximum atomic E-state index is 12.9. The molecule has 19 heavy (non-hydrogen) atoms. The third kappa shape index (κ3) is 1.99. The lowest BCUT2D eigenvalue weighted by molar-refractivity contribution is -0.136. The van der Waals surface area contributed by atoms with Crippen LogP contribution in [0.2, 0.25) is 0 Å². The van der Waals surface area contributed by atoms with Crippen molar-refractivity contribution in [3.63, 3.8) is 0 Å². The van der Waals surface area contributed by atoms with Crippen LogP contribution in [0.15, 0.2) is 60.8 Å². The van der Waals surface area contributed by atoms with E-state index in [0.717, 1.165) is 11.8 Å². The second-order valence-corrected chi connectivity index (χ2v) is 4.26. The number of alkyl halides is 3. The van der Waals surface area contributed by atoms with Crippen molar-refractivity contribution in [1.82, 2.24) is 4.57 Å². The molecule has 0 N–H and O–H groups in total. The summed E-state index contributed by atoms with van der Waals surface area (Å²) >= 11 is 0. The fourth-order valence-electron chi connectivity index (χ4n) is 2.23. The lowest BCUT2D eigenvalue weighted by Gasteiger charge is -2.09. The Morgan fingerprint density at radius 1 is 0.789 bits per heavy atom. The minimum atomic E-state index is -4.33. The number of fused-ring (bicyclic) bond motifs is 1. The molecule has 96 valence electrons. The van der Waals surface area contributed by atoms with Crippen molar-refractivity contribution < 1.29 is 13.2 Å². The van der Waals surface area contributed by atoms with Crippen LogP contribution in [0.5, 0.6) is 0 Å². The number of rotatable bonds is 1. The second kappa shape index (κ2) is 4.16. The molecule has 3 rings (SSSR count). The topological polar surface area (TPSA) is 4.93 Å².